The molecule has 0 radical (unpaired) electrons. The maximum Gasteiger partial charge on any atom is 0.416 e. The molecule has 0 aromatic heterocycles. The maximum atomic E-state index is 13.4. The van der Waals surface area contributed by atoms with Gasteiger partial charge >= 0.3 is 6.18 Å². The van der Waals surface area contributed by atoms with Crippen molar-refractivity contribution in [1.82, 2.24) is 10.2 Å². The lowest BCUT2D eigenvalue weighted by Crippen LogP contribution is -2.35. The molecule has 6 nitrogen and oxygen atoms in total. The molecule has 3 aromatic carbocycles. The van der Waals surface area contributed by atoms with Gasteiger partial charge in [0.25, 0.3) is 5.91 Å². The first-order valence-electron chi connectivity index (χ1n) is 11.5. The Morgan fingerprint density at radius 2 is 1.69 bits per heavy atom. The molecular formula is C27H23F3N2O4. The van der Waals surface area contributed by atoms with E-state index < -0.39 is 23.6 Å². The number of fused-ring (bicyclic) bond motifs is 1. The van der Waals surface area contributed by atoms with Gasteiger partial charge in [-0.15, -0.1) is 0 Å². The van der Waals surface area contributed by atoms with Crippen molar-refractivity contribution in [2.24, 2.45) is 5.92 Å². The summed E-state index contributed by atoms with van der Waals surface area (Å²) in [5.41, 5.74) is 0.837. The van der Waals surface area contributed by atoms with Crippen molar-refractivity contribution in [3.8, 4) is 11.5 Å². The topological polar surface area (TPSA) is 67.9 Å². The zero-order chi connectivity index (χ0) is 25.3. The predicted octanol–water partition coefficient (Wildman–Crippen LogP) is 4.61. The van der Waals surface area contributed by atoms with E-state index in [2.05, 4.69) is 5.32 Å². The normalized spacial score (nSPS) is 18.8. The highest BCUT2D eigenvalue weighted by molar-refractivity contribution is 5.95. The second kappa shape index (κ2) is 9.56. The minimum atomic E-state index is -4.51. The van der Waals surface area contributed by atoms with Gasteiger partial charge in [0.2, 0.25) is 12.7 Å². The largest absolute Gasteiger partial charge is 0.454 e. The van der Waals surface area contributed by atoms with E-state index in [-0.39, 0.29) is 38.2 Å². The summed E-state index contributed by atoms with van der Waals surface area (Å²) in [7, 11) is 0. The van der Waals surface area contributed by atoms with Gasteiger partial charge in [0, 0.05) is 31.1 Å². The van der Waals surface area contributed by atoms with Crippen LogP contribution in [0, 0.1) is 5.92 Å². The fourth-order valence-corrected chi connectivity index (χ4v) is 4.65. The van der Waals surface area contributed by atoms with Crippen LogP contribution in [0.3, 0.4) is 0 Å². The van der Waals surface area contributed by atoms with Crippen LogP contribution in [0.4, 0.5) is 13.2 Å². The number of hydrogen-bond donors (Lipinski definition) is 1. The van der Waals surface area contributed by atoms with Crippen LogP contribution in [0.5, 0.6) is 11.5 Å². The molecule has 0 aliphatic carbocycles. The van der Waals surface area contributed by atoms with Crippen LogP contribution in [0.2, 0.25) is 0 Å². The summed E-state index contributed by atoms with van der Waals surface area (Å²) in [5, 5.41) is 2.88. The van der Waals surface area contributed by atoms with Crippen LogP contribution in [-0.2, 0) is 17.5 Å². The molecule has 36 heavy (non-hydrogen) atoms. The number of benzene rings is 3. The van der Waals surface area contributed by atoms with E-state index in [0.29, 0.717) is 22.6 Å². The summed E-state index contributed by atoms with van der Waals surface area (Å²) < 4.78 is 50.8. The van der Waals surface area contributed by atoms with Gasteiger partial charge in [-0.05, 0) is 41.5 Å². The highest BCUT2D eigenvalue weighted by Gasteiger charge is 2.41. The standard InChI is InChI=1S/C27H23F3N2O4/c28-27(29,30)20-8-4-7-19(12-20)21-14-32(26(34)18-5-2-1-3-6-18)15-22(21)25(33)31-13-17-9-10-23-24(11-17)36-16-35-23/h1-12,21-22H,13-16H2,(H,31,33)/t21-,22+/m0/s1. The molecule has 2 aliphatic rings. The van der Waals surface area contributed by atoms with Crippen molar-refractivity contribution >= 4 is 11.8 Å². The van der Waals surface area contributed by atoms with Crippen molar-refractivity contribution in [2.75, 3.05) is 19.9 Å². The summed E-state index contributed by atoms with van der Waals surface area (Å²) in [6, 6.07) is 18.9. The molecule has 9 heteroatoms. The number of hydrogen-bond acceptors (Lipinski definition) is 4. The summed E-state index contributed by atoms with van der Waals surface area (Å²) in [6.07, 6.45) is -4.51. The number of ether oxygens (including phenoxy) is 2. The molecule has 1 fully saturated rings. The number of alkyl halides is 3. The number of carbonyl (C=O) groups is 2. The number of nitrogens with one attached hydrogen (secondary N) is 1. The van der Waals surface area contributed by atoms with E-state index in [0.717, 1.165) is 17.7 Å². The summed E-state index contributed by atoms with van der Waals surface area (Å²) in [4.78, 5) is 27.9. The fourth-order valence-electron chi connectivity index (χ4n) is 4.65. The Morgan fingerprint density at radius 1 is 0.917 bits per heavy atom. The molecule has 2 atom stereocenters. The van der Waals surface area contributed by atoms with E-state index in [9.17, 15) is 22.8 Å². The molecule has 1 N–H and O–H groups in total. The molecule has 2 heterocycles. The summed E-state index contributed by atoms with van der Waals surface area (Å²) >= 11 is 0. The SMILES string of the molecule is O=C(NCc1ccc2c(c1)OCO2)[C@@H]1CN(C(=O)c2ccccc2)C[C@H]1c1cccc(C(F)(F)F)c1. The van der Waals surface area contributed by atoms with Gasteiger partial charge in [0.15, 0.2) is 11.5 Å². The monoisotopic (exact) mass is 496 g/mol. The van der Waals surface area contributed by atoms with Gasteiger partial charge in [-0.2, -0.15) is 13.2 Å². The summed E-state index contributed by atoms with van der Waals surface area (Å²) in [6.45, 7) is 0.573. The number of halogens is 3. The van der Waals surface area contributed by atoms with Crippen LogP contribution >= 0.6 is 0 Å². The Bertz CT molecular complexity index is 1280. The van der Waals surface area contributed by atoms with Crippen LogP contribution in [0.1, 0.15) is 33.0 Å². The molecule has 0 saturated carbocycles. The van der Waals surface area contributed by atoms with Crippen LogP contribution in [0.25, 0.3) is 0 Å². The molecule has 0 unspecified atom stereocenters. The maximum absolute atomic E-state index is 13.4. The first-order valence-corrected chi connectivity index (χ1v) is 11.5. The zero-order valence-electron chi connectivity index (χ0n) is 19.1. The highest BCUT2D eigenvalue weighted by atomic mass is 19.4. The molecular weight excluding hydrogens is 473 g/mol. The first-order chi connectivity index (χ1) is 17.3. The number of nitrogens with zero attached hydrogens (tertiary/aromatic N) is 1. The van der Waals surface area contributed by atoms with Gasteiger partial charge in [-0.3, -0.25) is 9.59 Å². The Balaban J connectivity index is 1.38. The molecule has 2 aliphatic heterocycles. The first kappa shape index (κ1) is 23.7. The van der Waals surface area contributed by atoms with Crippen molar-refractivity contribution in [2.45, 2.75) is 18.6 Å². The second-order valence-electron chi connectivity index (χ2n) is 8.82. The Hall–Kier alpha value is -4.01. The van der Waals surface area contributed by atoms with Crippen molar-refractivity contribution in [1.29, 1.82) is 0 Å². The molecule has 186 valence electrons. The average molecular weight is 496 g/mol. The number of likely N-dealkylation sites (tertiary alicyclic amines) is 1. The molecule has 3 aromatic rings. The Morgan fingerprint density at radius 3 is 2.47 bits per heavy atom. The molecule has 0 bridgehead atoms. The van der Waals surface area contributed by atoms with Gasteiger partial charge in [-0.25, -0.2) is 0 Å². The van der Waals surface area contributed by atoms with Crippen LogP contribution in [-0.4, -0.2) is 36.6 Å². The lowest BCUT2D eigenvalue weighted by molar-refractivity contribution is -0.137. The van der Waals surface area contributed by atoms with E-state index in [1.807, 2.05) is 0 Å². The van der Waals surface area contributed by atoms with Crippen molar-refractivity contribution < 1.29 is 32.2 Å². The fraction of sp³-hybridized carbons (Fsp3) is 0.259. The quantitative estimate of drug-likeness (QED) is 0.561. The van der Waals surface area contributed by atoms with E-state index >= 15 is 0 Å². The number of rotatable bonds is 5. The van der Waals surface area contributed by atoms with Crippen molar-refractivity contribution in [3.63, 3.8) is 0 Å². The van der Waals surface area contributed by atoms with Gasteiger partial charge < -0.3 is 19.7 Å². The van der Waals surface area contributed by atoms with Gasteiger partial charge in [0.05, 0.1) is 11.5 Å². The van der Waals surface area contributed by atoms with Gasteiger partial charge in [0.1, 0.15) is 0 Å². The average Bonchev–Trinajstić information content (AvgIpc) is 3.54. The Labute approximate surface area is 205 Å². The predicted molar refractivity (Wildman–Crippen MR) is 124 cm³/mol. The van der Waals surface area contributed by atoms with E-state index in [4.69, 9.17) is 9.47 Å². The molecule has 2 amide bonds. The number of amides is 2. The smallest absolute Gasteiger partial charge is 0.416 e. The van der Waals surface area contributed by atoms with Crippen LogP contribution < -0.4 is 14.8 Å². The zero-order valence-corrected chi connectivity index (χ0v) is 19.1. The second-order valence-corrected chi connectivity index (χ2v) is 8.82. The molecule has 0 spiro atoms. The minimum absolute atomic E-state index is 0.0988. The van der Waals surface area contributed by atoms with Gasteiger partial charge in [-0.1, -0.05) is 42.5 Å². The number of carbonyl (C=O) groups excluding carboxylic acids is 2. The van der Waals surface area contributed by atoms with Crippen molar-refractivity contribution in [3.05, 3.63) is 95.1 Å². The van der Waals surface area contributed by atoms with Crippen LogP contribution in [0.15, 0.2) is 72.8 Å². The van der Waals surface area contributed by atoms with E-state index in [1.54, 1.807) is 54.6 Å². The Kier molecular flexibility index (Phi) is 6.30. The summed E-state index contributed by atoms with van der Waals surface area (Å²) in [5.74, 6) is -0.686. The molecule has 5 rings (SSSR count). The third kappa shape index (κ3) is 4.86. The lowest BCUT2D eigenvalue weighted by Gasteiger charge is -2.19. The third-order valence-corrected chi connectivity index (χ3v) is 6.51. The highest BCUT2D eigenvalue weighted by Crippen LogP contribution is 2.37. The third-order valence-electron chi connectivity index (χ3n) is 6.51. The van der Waals surface area contributed by atoms with E-state index in [1.165, 1.54) is 11.0 Å². The lowest BCUT2D eigenvalue weighted by atomic mass is 9.87. The molecule has 1 saturated heterocycles. The minimum Gasteiger partial charge on any atom is -0.454 e.